The lowest BCUT2D eigenvalue weighted by Gasteiger charge is -2.48. The van der Waals surface area contributed by atoms with Gasteiger partial charge in [-0.25, -0.2) is 0 Å². The fourth-order valence-corrected chi connectivity index (χ4v) is 4.89. The summed E-state index contributed by atoms with van der Waals surface area (Å²) in [5.74, 6) is 0.600. The number of anilines is 1. The smallest absolute Gasteiger partial charge is 0.222 e. The Morgan fingerprint density at radius 1 is 1.14 bits per heavy atom. The maximum atomic E-state index is 12.9. The topological polar surface area (TPSA) is 43.9 Å². The second-order valence-electron chi connectivity index (χ2n) is 9.23. The van der Waals surface area contributed by atoms with E-state index in [1.807, 2.05) is 14.1 Å². The highest BCUT2D eigenvalue weighted by Crippen LogP contribution is 2.42. The maximum absolute atomic E-state index is 12.9. The molecule has 2 saturated heterocycles. The molecule has 1 aromatic rings. The molecule has 0 aromatic heterocycles. The van der Waals surface area contributed by atoms with Crippen LogP contribution in [0.15, 0.2) is 24.3 Å². The van der Waals surface area contributed by atoms with Gasteiger partial charge in [-0.1, -0.05) is 12.1 Å². The van der Waals surface area contributed by atoms with Gasteiger partial charge in [0.15, 0.2) is 0 Å². The van der Waals surface area contributed by atoms with E-state index in [1.165, 1.54) is 11.3 Å². The van der Waals surface area contributed by atoms with Crippen LogP contribution in [-0.4, -0.2) is 61.4 Å². The first-order valence-corrected chi connectivity index (χ1v) is 10.8. The zero-order valence-corrected chi connectivity index (χ0v) is 17.3. The molecule has 2 aliphatic heterocycles. The molecule has 5 heteroatoms. The largest absolute Gasteiger partial charge is 0.378 e. The first-order valence-electron chi connectivity index (χ1n) is 10.8. The lowest BCUT2D eigenvalue weighted by Crippen LogP contribution is -2.55. The number of aryl methyl sites for hydroxylation is 1. The predicted octanol–water partition coefficient (Wildman–Crippen LogP) is 3.08. The summed E-state index contributed by atoms with van der Waals surface area (Å²) in [5, 5.41) is 0. The minimum atomic E-state index is 0.137. The molecule has 1 spiro atoms. The van der Waals surface area contributed by atoms with E-state index in [0.29, 0.717) is 24.8 Å². The van der Waals surface area contributed by atoms with Crippen molar-refractivity contribution >= 4 is 17.5 Å². The van der Waals surface area contributed by atoms with Crippen molar-refractivity contribution < 1.29 is 9.59 Å². The molecule has 1 aliphatic carbocycles. The number of piperidine rings is 2. The molecule has 3 fully saturated rings. The van der Waals surface area contributed by atoms with Crippen LogP contribution >= 0.6 is 0 Å². The van der Waals surface area contributed by atoms with Gasteiger partial charge < -0.3 is 14.7 Å². The van der Waals surface area contributed by atoms with Crippen LogP contribution in [-0.2, 0) is 16.0 Å². The van der Waals surface area contributed by atoms with Crippen LogP contribution in [0.5, 0.6) is 0 Å². The Hall–Kier alpha value is -2.04. The van der Waals surface area contributed by atoms with Gasteiger partial charge in [0.2, 0.25) is 11.8 Å². The summed E-state index contributed by atoms with van der Waals surface area (Å²) >= 11 is 0. The minimum absolute atomic E-state index is 0.137. The maximum Gasteiger partial charge on any atom is 0.222 e. The van der Waals surface area contributed by atoms with Crippen LogP contribution < -0.4 is 4.90 Å². The molecular formula is C23H33N3O2. The van der Waals surface area contributed by atoms with Crippen molar-refractivity contribution in [2.45, 2.75) is 57.4 Å². The first-order chi connectivity index (χ1) is 13.5. The normalized spacial score (nSPS) is 25.3. The summed E-state index contributed by atoms with van der Waals surface area (Å²) in [6.07, 6.45) is 7.52. The van der Waals surface area contributed by atoms with Gasteiger partial charge in [-0.3, -0.25) is 9.59 Å². The molecule has 0 N–H and O–H groups in total. The lowest BCUT2D eigenvalue weighted by atomic mass is 9.73. The molecular weight excluding hydrogens is 350 g/mol. The van der Waals surface area contributed by atoms with Gasteiger partial charge in [0.05, 0.1) is 0 Å². The fraction of sp³-hybridized carbons (Fsp3) is 0.652. The van der Waals surface area contributed by atoms with Crippen LogP contribution in [0.25, 0.3) is 0 Å². The number of carbonyl (C=O) groups excluding carboxylic acids is 2. The van der Waals surface area contributed by atoms with Gasteiger partial charge in [0, 0.05) is 63.7 Å². The highest BCUT2D eigenvalue weighted by Gasteiger charge is 2.46. The molecule has 0 radical (unpaired) electrons. The molecule has 1 saturated carbocycles. The van der Waals surface area contributed by atoms with Crippen molar-refractivity contribution in [1.82, 2.24) is 9.80 Å². The Kier molecular flexibility index (Phi) is 5.35. The number of likely N-dealkylation sites (tertiary alicyclic amines) is 2. The van der Waals surface area contributed by atoms with Crippen molar-refractivity contribution in [2.24, 2.45) is 5.41 Å². The number of amides is 2. The zero-order valence-electron chi connectivity index (χ0n) is 17.3. The van der Waals surface area contributed by atoms with Crippen molar-refractivity contribution in [3.8, 4) is 0 Å². The van der Waals surface area contributed by atoms with Crippen LogP contribution in [0.2, 0.25) is 0 Å². The quantitative estimate of drug-likeness (QED) is 0.785. The van der Waals surface area contributed by atoms with Crippen LogP contribution in [0.3, 0.4) is 0 Å². The number of carbonyl (C=O) groups is 2. The average molecular weight is 384 g/mol. The van der Waals surface area contributed by atoms with Crippen LogP contribution in [0, 0.1) is 5.41 Å². The van der Waals surface area contributed by atoms with E-state index in [-0.39, 0.29) is 11.3 Å². The second-order valence-corrected chi connectivity index (χ2v) is 9.23. The molecule has 4 rings (SSSR count). The van der Waals surface area contributed by atoms with Gasteiger partial charge in [-0.15, -0.1) is 0 Å². The highest BCUT2D eigenvalue weighted by molar-refractivity contribution is 5.78. The lowest BCUT2D eigenvalue weighted by molar-refractivity contribution is -0.143. The Labute approximate surface area is 168 Å². The highest BCUT2D eigenvalue weighted by atomic mass is 16.2. The van der Waals surface area contributed by atoms with Crippen LogP contribution in [0.4, 0.5) is 5.69 Å². The van der Waals surface area contributed by atoms with Crippen molar-refractivity contribution in [3.05, 3.63) is 29.8 Å². The van der Waals surface area contributed by atoms with Crippen molar-refractivity contribution in [2.75, 3.05) is 38.6 Å². The van der Waals surface area contributed by atoms with Gasteiger partial charge >= 0.3 is 0 Å². The van der Waals surface area contributed by atoms with Gasteiger partial charge in [0.1, 0.15) is 0 Å². The molecule has 5 nitrogen and oxygen atoms in total. The van der Waals surface area contributed by atoms with E-state index in [1.54, 1.807) is 0 Å². The number of hydrogen-bond acceptors (Lipinski definition) is 3. The second kappa shape index (κ2) is 7.76. The molecule has 2 heterocycles. The van der Waals surface area contributed by atoms with E-state index >= 15 is 0 Å². The minimum Gasteiger partial charge on any atom is -0.378 e. The first kappa shape index (κ1) is 19.3. The monoisotopic (exact) mass is 383 g/mol. The van der Waals surface area contributed by atoms with Crippen LogP contribution in [0.1, 0.15) is 50.5 Å². The molecule has 1 atom stereocenters. The molecule has 0 bridgehead atoms. The number of hydrogen-bond donors (Lipinski definition) is 0. The number of rotatable bonds is 5. The molecule has 2 amide bonds. The third-order valence-electron chi connectivity index (χ3n) is 6.78. The Morgan fingerprint density at radius 3 is 2.57 bits per heavy atom. The van der Waals surface area contributed by atoms with Crippen molar-refractivity contribution in [3.63, 3.8) is 0 Å². The summed E-state index contributed by atoms with van der Waals surface area (Å²) in [6, 6.07) is 8.96. The Balaban J connectivity index is 1.33. The number of benzene rings is 1. The third kappa shape index (κ3) is 4.18. The standard InChI is InChI=1S/C23H33N3O2/c1-24(2)19-7-4-18(5-8-19)6-11-21(27)25-15-3-13-23(16-25)14-12-22(28)26(17-23)20-9-10-20/h4-5,7-8,20H,3,6,9-17H2,1-2H3. The Bertz CT molecular complexity index is 726. The zero-order chi connectivity index (χ0) is 19.7. The number of nitrogens with zero attached hydrogens (tertiary/aromatic N) is 3. The molecule has 1 unspecified atom stereocenters. The van der Waals surface area contributed by atoms with Crippen molar-refractivity contribution in [1.29, 1.82) is 0 Å². The molecule has 152 valence electrons. The Morgan fingerprint density at radius 2 is 1.89 bits per heavy atom. The predicted molar refractivity (Wildman–Crippen MR) is 111 cm³/mol. The third-order valence-corrected chi connectivity index (χ3v) is 6.78. The SMILES string of the molecule is CN(C)c1ccc(CCC(=O)N2CCCC3(CCC(=O)N(C4CC4)C3)C2)cc1. The summed E-state index contributed by atoms with van der Waals surface area (Å²) in [7, 11) is 4.07. The van der Waals surface area contributed by atoms with E-state index in [0.717, 1.165) is 58.2 Å². The summed E-state index contributed by atoms with van der Waals surface area (Å²) in [5.41, 5.74) is 2.53. The molecule has 3 aliphatic rings. The van der Waals surface area contributed by atoms with E-state index in [2.05, 4.69) is 39.0 Å². The molecule has 28 heavy (non-hydrogen) atoms. The van der Waals surface area contributed by atoms with Gasteiger partial charge in [-0.2, -0.15) is 0 Å². The average Bonchev–Trinajstić information content (AvgIpc) is 3.54. The van der Waals surface area contributed by atoms with E-state index < -0.39 is 0 Å². The van der Waals surface area contributed by atoms with E-state index in [9.17, 15) is 9.59 Å². The molecule has 1 aromatic carbocycles. The summed E-state index contributed by atoms with van der Waals surface area (Å²) < 4.78 is 0. The van der Waals surface area contributed by atoms with E-state index in [4.69, 9.17) is 0 Å². The van der Waals surface area contributed by atoms with Gasteiger partial charge in [0.25, 0.3) is 0 Å². The summed E-state index contributed by atoms with van der Waals surface area (Å²) in [6.45, 7) is 2.58. The van der Waals surface area contributed by atoms with Gasteiger partial charge in [-0.05, 0) is 56.2 Å². The summed E-state index contributed by atoms with van der Waals surface area (Å²) in [4.78, 5) is 31.5. The fourth-order valence-electron chi connectivity index (χ4n) is 4.89.